The molecule has 0 bridgehead atoms. The van der Waals surface area contributed by atoms with E-state index >= 15 is 0 Å². The van der Waals surface area contributed by atoms with Crippen molar-refractivity contribution in [2.75, 3.05) is 18.4 Å². The van der Waals surface area contributed by atoms with Crippen LogP contribution in [0.25, 0.3) is 0 Å². The molecule has 1 aliphatic heterocycles. The number of pyridine rings is 1. The molecule has 0 aromatic carbocycles. The summed E-state index contributed by atoms with van der Waals surface area (Å²) in [6.45, 7) is 4.11. The molecule has 1 aliphatic rings. The molecule has 6 heteroatoms. The molecule has 4 nitrogen and oxygen atoms in total. The lowest BCUT2D eigenvalue weighted by Gasteiger charge is -2.08. The Balaban J connectivity index is 0.00000162. The second kappa shape index (κ2) is 9.13. The summed E-state index contributed by atoms with van der Waals surface area (Å²) < 4.78 is 0. The first-order valence-electron chi connectivity index (χ1n) is 6.16. The van der Waals surface area contributed by atoms with Gasteiger partial charge in [-0.25, -0.2) is 0 Å². The van der Waals surface area contributed by atoms with Crippen molar-refractivity contribution in [2.45, 2.75) is 26.2 Å². The third-order valence-electron chi connectivity index (χ3n) is 3.10. The van der Waals surface area contributed by atoms with Crippen molar-refractivity contribution in [2.24, 2.45) is 5.92 Å². The van der Waals surface area contributed by atoms with Gasteiger partial charge in [0.1, 0.15) is 0 Å². The lowest BCUT2D eigenvalue weighted by atomic mass is 10.0. The van der Waals surface area contributed by atoms with Gasteiger partial charge in [0.25, 0.3) is 0 Å². The van der Waals surface area contributed by atoms with Crippen LogP contribution in [0.3, 0.4) is 0 Å². The van der Waals surface area contributed by atoms with Gasteiger partial charge >= 0.3 is 0 Å². The summed E-state index contributed by atoms with van der Waals surface area (Å²) in [5.74, 6) is 0.751. The fourth-order valence-electron chi connectivity index (χ4n) is 2.14. The van der Waals surface area contributed by atoms with Crippen LogP contribution in [0.4, 0.5) is 5.69 Å². The van der Waals surface area contributed by atoms with Crippen LogP contribution in [0, 0.1) is 12.8 Å². The van der Waals surface area contributed by atoms with Crippen molar-refractivity contribution in [3.05, 3.63) is 24.0 Å². The molecule has 1 saturated heterocycles. The monoisotopic (exact) mass is 305 g/mol. The van der Waals surface area contributed by atoms with E-state index in [0.717, 1.165) is 30.8 Å². The number of nitrogens with one attached hydrogen (secondary N) is 2. The number of anilines is 1. The predicted octanol–water partition coefficient (Wildman–Crippen LogP) is 2.56. The van der Waals surface area contributed by atoms with Crippen molar-refractivity contribution in [1.29, 1.82) is 0 Å². The maximum Gasteiger partial charge on any atom is 0.224 e. The highest BCUT2D eigenvalue weighted by Crippen LogP contribution is 2.15. The fraction of sp³-hybridized carbons (Fsp3) is 0.538. The zero-order valence-corrected chi connectivity index (χ0v) is 12.6. The molecule has 2 N–H and O–H groups in total. The molecule has 1 amide bonds. The minimum atomic E-state index is 0. The maximum atomic E-state index is 11.7. The van der Waals surface area contributed by atoms with Gasteiger partial charge in [0, 0.05) is 12.6 Å². The first kappa shape index (κ1) is 18.2. The van der Waals surface area contributed by atoms with Crippen molar-refractivity contribution >= 4 is 36.4 Å². The zero-order chi connectivity index (χ0) is 12.1. The van der Waals surface area contributed by atoms with Crippen LogP contribution in [0.1, 0.15) is 24.8 Å². The number of hydrogen-bond donors (Lipinski definition) is 2. The van der Waals surface area contributed by atoms with Crippen molar-refractivity contribution in [1.82, 2.24) is 10.3 Å². The smallest absolute Gasteiger partial charge is 0.224 e. The first-order chi connectivity index (χ1) is 8.24. The number of amides is 1. The number of halogens is 2. The molecule has 108 valence electrons. The Hall–Kier alpha value is -0.840. The average molecular weight is 306 g/mol. The second-order valence-corrected chi connectivity index (χ2v) is 4.70. The number of carbonyl (C=O) groups is 1. The van der Waals surface area contributed by atoms with E-state index in [1.165, 1.54) is 6.42 Å². The van der Waals surface area contributed by atoms with Gasteiger partial charge in [-0.2, -0.15) is 0 Å². The minimum absolute atomic E-state index is 0. The molecule has 19 heavy (non-hydrogen) atoms. The van der Waals surface area contributed by atoms with Gasteiger partial charge in [-0.15, -0.1) is 24.8 Å². The largest absolute Gasteiger partial charge is 0.325 e. The number of hydrogen-bond acceptors (Lipinski definition) is 3. The van der Waals surface area contributed by atoms with E-state index in [0.29, 0.717) is 12.3 Å². The third-order valence-corrected chi connectivity index (χ3v) is 3.10. The van der Waals surface area contributed by atoms with Crippen LogP contribution < -0.4 is 10.6 Å². The summed E-state index contributed by atoms with van der Waals surface area (Å²) >= 11 is 0. The van der Waals surface area contributed by atoms with E-state index in [1.54, 1.807) is 12.4 Å². The lowest BCUT2D eigenvalue weighted by Crippen LogP contribution is -2.15. The second-order valence-electron chi connectivity index (χ2n) is 4.70. The van der Waals surface area contributed by atoms with Crippen LogP contribution in [0.2, 0.25) is 0 Å². The summed E-state index contributed by atoms with van der Waals surface area (Å²) in [6, 6.07) is 1.93. The van der Waals surface area contributed by atoms with E-state index in [1.807, 2.05) is 13.0 Å². The summed E-state index contributed by atoms with van der Waals surface area (Å²) in [5, 5.41) is 6.20. The summed E-state index contributed by atoms with van der Waals surface area (Å²) in [7, 11) is 0. The molecule has 1 fully saturated rings. The maximum absolute atomic E-state index is 11.7. The van der Waals surface area contributed by atoms with Gasteiger partial charge in [0.05, 0.1) is 11.9 Å². The van der Waals surface area contributed by atoms with Gasteiger partial charge in [-0.3, -0.25) is 9.78 Å². The summed E-state index contributed by atoms with van der Waals surface area (Å²) in [5.41, 5.74) is 1.85. The molecule has 1 aromatic heterocycles. The highest BCUT2D eigenvalue weighted by atomic mass is 35.5. The Morgan fingerprint density at radius 1 is 1.47 bits per heavy atom. The predicted molar refractivity (Wildman–Crippen MR) is 82.3 cm³/mol. The van der Waals surface area contributed by atoms with Crippen molar-refractivity contribution in [3.63, 3.8) is 0 Å². The number of carbonyl (C=O) groups excluding carboxylic acids is 1. The van der Waals surface area contributed by atoms with E-state index < -0.39 is 0 Å². The average Bonchev–Trinajstić information content (AvgIpc) is 2.79. The van der Waals surface area contributed by atoms with E-state index in [-0.39, 0.29) is 30.7 Å². The molecule has 0 saturated carbocycles. The molecule has 1 aromatic rings. The molecule has 0 spiro atoms. The third kappa shape index (κ3) is 6.23. The van der Waals surface area contributed by atoms with Gasteiger partial charge in [-0.1, -0.05) is 0 Å². The quantitative estimate of drug-likeness (QED) is 0.899. The lowest BCUT2D eigenvalue weighted by molar-refractivity contribution is -0.116. The number of aromatic nitrogens is 1. The number of aryl methyl sites for hydroxylation is 1. The zero-order valence-electron chi connectivity index (χ0n) is 11.0. The van der Waals surface area contributed by atoms with Crippen LogP contribution in [0.15, 0.2) is 18.5 Å². The molecule has 2 heterocycles. The summed E-state index contributed by atoms with van der Waals surface area (Å²) in [6.07, 6.45) is 6.22. The molecule has 2 rings (SSSR count). The van der Waals surface area contributed by atoms with Crippen LogP contribution in [-0.4, -0.2) is 24.0 Å². The van der Waals surface area contributed by atoms with E-state index in [4.69, 9.17) is 0 Å². The van der Waals surface area contributed by atoms with Crippen LogP contribution in [-0.2, 0) is 4.79 Å². The van der Waals surface area contributed by atoms with Gasteiger partial charge in [0.15, 0.2) is 0 Å². The molecular weight excluding hydrogens is 285 g/mol. The molecule has 1 atom stereocenters. The van der Waals surface area contributed by atoms with E-state index in [9.17, 15) is 4.79 Å². The SMILES string of the molecule is Cc1cncc(NC(=O)CCC2CCNC2)c1.Cl.Cl. The number of rotatable bonds is 4. The van der Waals surface area contributed by atoms with Crippen LogP contribution >= 0.6 is 24.8 Å². The topological polar surface area (TPSA) is 54.0 Å². The highest BCUT2D eigenvalue weighted by Gasteiger charge is 2.15. The Bertz CT molecular complexity index is 395. The van der Waals surface area contributed by atoms with E-state index in [2.05, 4.69) is 15.6 Å². The van der Waals surface area contributed by atoms with Gasteiger partial charge in [-0.05, 0) is 50.4 Å². The molecule has 1 unspecified atom stereocenters. The minimum Gasteiger partial charge on any atom is -0.325 e. The number of nitrogens with zero attached hydrogens (tertiary/aromatic N) is 1. The Morgan fingerprint density at radius 2 is 2.26 bits per heavy atom. The van der Waals surface area contributed by atoms with Crippen molar-refractivity contribution in [3.8, 4) is 0 Å². The Kier molecular flexibility index (Phi) is 8.72. The first-order valence-corrected chi connectivity index (χ1v) is 6.16. The normalized spacial score (nSPS) is 17.2. The molecule has 0 aliphatic carbocycles. The Morgan fingerprint density at radius 3 is 2.89 bits per heavy atom. The Labute approximate surface area is 126 Å². The highest BCUT2D eigenvalue weighted by molar-refractivity contribution is 5.90. The fourth-order valence-corrected chi connectivity index (χ4v) is 2.14. The van der Waals surface area contributed by atoms with Gasteiger partial charge < -0.3 is 10.6 Å². The van der Waals surface area contributed by atoms with Crippen molar-refractivity contribution < 1.29 is 4.79 Å². The molecule has 0 radical (unpaired) electrons. The molecular formula is C13H21Cl2N3O. The van der Waals surface area contributed by atoms with Gasteiger partial charge in [0.2, 0.25) is 5.91 Å². The standard InChI is InChI=1S/C13H19N3O.2ClH/c1-10-6-12(9-15-7-10)16-13(17)3-2-11-4-5-14-8-11;;/h6-7,9,11,14H,2-5,8H2,1H3,(H,16,17);2*1H. The summed E-state index contributed by atoms with van der Waals surface area (Å²) in [4.78, 5) is 15.8. The van der Waals surface area contributed by atoms with Crippen LogP contribution in [0.5, 0.6) is 0 Å².